The summed E-state index contributed by atoms with van der Waals surface area (Å²) in [7, 11) is 1.59. The van der Waals surface area contributed by atoms with Crippen LogP contribution in [0, 0.1) is 0 Å². The first-order valence-electron chi connectivity index (χ1n) is 5.18. The Labute approximate surface area is 90.2 Å². The molecule has 1 aromatic rings. The first-order valence-corrected chi connectivity index (χ1v) is 5.18. The molecule has 0 aliphatic rings. The molecule has 0 aromatic carbocycles. The number of aliphatic hydroxyl groups is 1. The second-order valence-electron chi connectivity index (χ2n) is 3.59. The zero-order valence-electron chi connectivity index (χ0n) is 9.27. The van der Waals surface area contributed by atoms with Gasteiger partial charge in [0.05, 0.1) is 25.0 Å². The van der Waals surface area contributed by atoms with Crippen molar-refractivity contribution in [2.24, 2.45) is 0 Å². The Morgan fingerprint density at radius 2 is 2.40 bits per heavy atom. The van der Waals surface area contributed by atoms with E-state index in [1.54, 1.807) is 13.4 Å². The highest BCUT2D eigenvalue weighted by Crippen LogP contribution is 2.11. The van der Waals surface area contributed by atoms with Crippen molar-refractivity contribution in [1.29, 1.82) is 0 Å². The van der Waals surface area contributed by atoms with Crippen molar-refractivity contribution in [2.75, 3.05) is 20.3 Å². The van der Waals surface area contributed by atoms with Crippen LogP contribution in [0.15, 0.2) is 22.8 Å². The molecule has 0 spiro atoms. The molecule has 1 rings (SSSR count). The van der Waals surface area contributed by atoms with E-state index in [4.69, 9.17) is 9.15 Å². The van der Waals surface area contributed by atoms with Gasteiger partial charge >= 0.3 is 0 Å². The maximum Gasteiger partial charge on any atom is 0.120 e. The molecule has 86 valence electrons. The first kappa shape index (κ1) is 12.2. The maximum atomic E-state index is 9.40. The number of rotatable bonds is 7. The lowest BCUT2D eigenvalue weighted by Gasteiger charge is -2.13. The Morgan fingerprint density at radius 1 is 1.60 bits per heavy atom. The van der Waals surface area contributed by atoms with Crippen LogP contribution in [-0.2, 0) is 4.74 Å². The number of nitrogens with one attached hydrogen (secondary N) is 1. The second-order valence-corrected chi connectivity index (χ2v) is 3.59. The quantitative estimate of drug-likeness (QED) is 0.717. The Kier molecular flexibility index (Phi) is 5.39. The molecule has 4 heteroatoms. The summed E-state index contributed by atoms with van der Waals surface area (Å²) < 4.78 is 10.1. The molecule has 0 aliphatic carbocycles. The normalized spacial score (nSPS) is 15.1. The smallest absolute Gasteiger partial charge is 0.120 e. The molecule has 0 bridgehead atoms. The van der Waals surface area contributed by atoms with Crippen LogP contribution >= 0.6 is 0 Å². The Bertz CT molecular complexity index is 248. The number of hydrogen-bond acceptors (Lipinski definition) is 4. The van der Waals surface area contributed by atoms with Gasteiger partial charge in [-0.2, -0.15) is 0 Å². The lowest BCUT2D eigenvalue weighted by molar-refractivity contribution is 0.0589. The molecule has 2 unspecified atom stereocenters. The highest BCUT2D eigenvalue weighted by Gasteiger charge is 2.08. The molecule has 1 heterocycles. The molecule has 0 fully saturated rings. The monoisotopic (exact) mass is 213 g/mol. The summed E-state index contributed by atoms with van der Waals surface area (Å²) in [5.74, 6) is 0.913. The van der Waals surface area contributed by atoms with Gasteiger partial charge in [-0.1, -0.05) is 0 Å². The number of furan rings is 1. The van der Waals surface area contributed by atoms with E-state index >= 15 is 0 Å². The minimum atomic E-state index is -0.397. The van der Waals surface area contributed by atoms with E-state index < -0.39 is 6.10 Å². The minimum Gasteiger partial charge on any atom is -0.468 e. The highest BCUT2D eigenvalue weighted by molar-refractivity contribution is 5.02. The van der Waals surface area contributed by atoms with Crippen LogP contribution < -0.4 is 5.32 Å². The average Bonchev–Trinajstić information content (AvgIpc) is 2.70. The van der Waals surface area contributed by atoms with Crippen LogP contribution in [0.5, 0.6) is 0 Å². The van der Waals surface area contributed by atoms with Crippen LogP contribution in [0.25, 0.3) is 0 Å². The van der Waals surface area contributed by atoms with E-state index in [1.807, 2.05) is 19.1 Å². The van der Waals surface area contributed by atoms with Gasteiger partial charge in [-0.15, -0.1) is 0 Å². The maximum absolute atomic E-state index is 9.40. The van der Waals surface area contributed by atoms with Gasteiger partial charge in [-0.25, -0.2) is 0 Å². The zero-order chi connectivity index (χ0) is 11.1. The van der Waals surface area contributed by atoms with Gasteiger partial charge in [-0.3, -0.25) is 0 Å². The van der Waals surface area contributed by atoms with Crippen molar-refractivity contribution < 1.29 is 14.3 Å². The van der Waals surface area contributed by atoms with Crippen LogP contribution in [0.2, 0.25) is 0 Å². The van der Waals surface area contributed by atoms with Crippen LogP contribution in [0.1, 0.15) is 25.1 Å². The minimum absolute atomic E-state index is 0.176. The number of hydrogen-bond donors (Lipinski definition) is 2. The topological polar surface area (TPSA) is 54.6 Å². The van der Waals surface area contributed by atoms with E-state index in [2.05, 4.69) is 5.32 Å². The van der Waals surface area contributed by atoms with Crippen LogP contribution in [0.3, 0.4) is 0 Å². The van der Waals surface area contributed by atoms with Crippen molar-refractivity contribution in [3.8, 4) is 0 Å². The third-order valence-corrected chi connectivity index (χ3v) is 2.26. The second kappa shape index (κ2) is 6.61. The summed E-state index contributed by atoms with van der Waals surface area (Å²) in [5, 5.41) is 12.7. The SMILES string of the molecule is COCC(O)CCNC(C)c1ccco1. The molecule has 1 aromatic heterocycles. The lowest BCUT2D eigenvalue weighted by atomic mass is 10.2. The number of aliphatic hydroxyl groups excluding tert-OH is 1. The molecule has 0 saturated heterocycles. The first-order chi connectivity index (χ1) is 7.24. The Morgan fingerprint density at radius 3 is 3.00 bits per heavy atom. The molecule has 0 radical (unpaired) electrons. The Balaban J connectivity index is 2.15. The fraction of sp³-hybridized carbons (Fsp3) is 0.636. The van der Waals surface area contributed by atoms with Gasteiger partial charge in [-0.05, 0) is 32.0 Å². The molecular formula is C11H19NO3. The lowest BCUT2D eigenvalue weighted by Crippen LogP contribution is -2.25. The fourth-order valence-corrected chi connectivity index (χ4v) is 1.38. The molecule has 15 heavy (non-hydrogen) atoms. The predicted octanol–water partition coefficient (Wildman–Crippen LogP) is 1.33. The zero-order valence-corrected chi connectivity index (χ0v) is 9.27. The molecule has 2 atom stereocenters. The van der Waals surface area contributed by atoms with E-state index in [-0.39, 0.29) is 6.04 Å². The standard InChI is InChI=1S/C11H19NO3/c1-9(11-4-3-7-15-11)12-6-5-10(13)8-14-2/h3-4,7,9-10,12-13H,5-6,8H2,1-2H3. The average molecular weight is 213 g/mol. The summed E-state index contributed by atoms with van der Waals surface area (Å²) >= 11 is 0. The molecule has 0 saturated carbocycles. The van der Waals surface area contributed by atoms with Crippen molar-refractivity contribution in [3.63, 3.8) is 0 Å². The van der Waals surface area contributed by atoms with E-state index in [0.29, 0.717) is 13.0 Å². The Hall–Kier alpha value is -0.840. The van der Waals surface area contributed by atoms with Crippen LogP contribution in [0.4, 0.5) is 0 Å². The summed E-state index contributed by atoms with van der Waals surface area (Å²) in [6.07, 6.45) is 1.94. The third kappa shape index (κ3) is 4.46. The third-order valence-electron chi connectivity index (χ3n) is 2.26. The van der Waals surface area contributed by atoms with Crippen LogP contribution in [-0.4, -0.2) is 31.5 Å². The number of ether oxygens (including phenoxy) is 1. The van der Waals surface area contributed by atoms with Crippen molar-refractivity contribution >= 4 is 0 Å². The predicted molar refractivity (Wildman–Crippen MR) is 57.6 cm³/mol. The fourth-order valence-electron chi connectivity index (χ4n) is 1.38. The molecule has 0 amide bonds. The molecular weight excluding hydrogens is 194 g/mol. The summed E-state index contributed by atoms with van der Waals surface area (Å²) in [4.78, 5) is 0. The van der Waals surface area contributed by atoms with Crippen molar-refractivity contribution in [2.45, 2.75) is 25.5 Å². The summed E-state index contributed by atoms with van der Waals surface area (Å²) in [5.41, 5.74) is 0. The van der Waals surface area contributed by atoms with Crippen molar-refractivity contribution in [1.82, 2.24) is 5.32 Å². The summed E-state index contributed by atoms with van der Waals surface area (Å²) in [6, 6.07) is 3.98. The van der Waals surface area contributed by atoms with E-state index in [9.17, 15) is 5.11 Å². The van der Waals surface area contributed by atoms with Crippen molar-refractivity contribution in [3.05, 3.63) is 24.2 Å². The van der Waals surface area contributed by atoms with Gasteiger partial charge in [0, 0.05) is 7.11 Å². The van der Waals surface area contributed by atoms with Gasteiger partial charge in [0.1, 0.15) is 5.76 Å². The number of methoxy groups -OCH3 is 1. The highest BCUT2D eigenvalue weighted by atomic mass is 16.5. The molecule has 4 nitrogen and oxygen atoms in total. The van der Waals surface area contributed by atoms with Gasteiger partial charge in [0.2, 0.25) is 0 Å². The van der Waals surface area contributed by atoms with Gasteiger partial charge in [0.25, 0.3) is 0 Å². The molecule has 2 N–H and O–H groups in total. The van der Waals surface area contributed by atoms with E-state index in [0.717, 1.165) is 12.3 Å². The van der Waals surface area contributed by atoms with Gasteiger partial charge < -0.3 is 19.6 Å². The summed E-state index contributed by atoms with van der Waals surface area (Å²) in [6.45, 7) is 3.16. The molecule has 0 aliphatic heterocycles. The largest absolute Gasteiger partial charge is 0.468 e. The van der Waals surface area contributed by atoms with E-state index in [1.165, 1.54) is 0 Å². The van der Waals surface area contributed by atoms with Gasteiger partial charge in [0.15, 0.2) is 0 Å².